The highest BCUT2D eigenvalue weighted by atomic mass is 16.6. The number of rotatable bonds is 14. The lowest BCUT2D eigenvalue weighted by atomic mass is 9.94. The molecule has 3 N–H and O–H groups in total. The van der Waals surface area contributed by atoms with Crippen LogP contribution in [0.15, 0.2) is 12.1 Å². The number of hydrogen-bond donors (Lipinski definition) is 2. The average Bonchev–Trinajstić information content (AvgIpc) is 3.28. The van der Waals surface area contributed by atoms with E-state index in [9.17, 15) is 9.59 Å². The lowest BCUT2D eigenvalue weighted by Crippen LogP contribution is -2.46. The van der Waals surface area contributed by atoms with Gasteiger partial charge in [-0.3, -0.25) is 0 Å². The van der Waals surface area contributed by atoms with E-state index in [4.69, 9.17) is 24.7 Å². The Balaban J connectivity index is 1.00. The fourth-order valence-electron chi connectivity index (χ4n) is 6.24. The van der Waals surface area contributed by atoms with Crippen molar-refractivity contribution in [2.75, 3.05) is 33.9 Å². The van der Waals surface area contributed by atoms with Crippen molar-refractivity contribution in [3.8, 4) is 11.5 Å². The molecule has 224 valence electrons. The van der Waals surface area contributed by atoms with Gasteiger partial charge in [0.15, 0.2) is 0 Å². The van der Waals surface area contributed by atoms with Gasteiger partial charge in [0, 0.05) is 36.8 Å². The molecule has 0 aromatic heterocycles. The number of carbonyl (C=O) groups is 2. The summed E-state index contributed by atoms with van der Waals surface area (Å²) in [6.07, 6.45) is 14.4. The summed E-state index contributed by atoms with van der Waals surface area (Å²) in [5, 5.41) is 3.08. The summed E-state index contributed by atoms with van der Waals surface area (Å²) in [5.41, 5.74) is 7.36. The smallest absolute Gasteiger partial charge is 0.407 e. The van der Waals surface area contributed by atoms with Gasteiger partial charge in [0.1, 0.15) is 29.3 Å². The molecule has 1 aromatic carbocycles. The average molecular weight is 560 g/mol. The van der Waals surface area contributed by atoms with Gasteiger partial charge in [-0.15, -0.1) is 0 Å². The van der Waals surface area contributed by atoms with Gasteiger partial charge in [-0.05, 0) is 70.4 Å². The van der Waals surface area contributed by atoms with Crippen LogP contribution in [0.2, 0.25) is 0 Å². The van der Waals surface area contributed by atoms with Crippen molar-refractivity contribution in [2.45, 2.75) is 114 Å². The summed E-state index contributed by atoms with van der Waals surface area (Å²) in [4.78, 5) is 27.1. The number of unbranched alkanes of at least 4 members (excludes halogenated alkanes) is 6. The van der Waals surface area contributed by atoms with Crippen LogP contribution in [0.3, 0.4) is 0 Å². The van der Waals surface area contributed by atoms with E-state index in [1.165, 1.54) is 32.1 Å². The maximum absolute atomic E-state index is 12.4. The van der Waals surface area contributed by atoms with Gasteiger partial charge in [-0.2, -0.15) is 0 Å². The Labute approximate surface area is 239 Å². The number of nitrogens with two attached hydrogens (primary N) is 1. The molecule has 0 bridgehead atoms. The van der Waals surface area contributed by atoms with Crippen molar-refractivity contribution in [1.82, 2.24) is 10.2 Å². The second-order valence-electron chi connectivity index (χ2n) is 11.7. The highest BCUT2D eigenvalue weighted by Crippen LogP contribution is 2.41. The van der Waals surface area contributed by atoms with Gasteiger partial charge in [-0.25, -0.2) is 9.59 Å². The molecule has 1 saturated heterocycles. The standard InChI is InChI=1S/C31H49N3O6/c1-37-25-20-26-27(40-30(35)29(26)28(21-25)38-2)10-8-6-4-3-5-7-9-17-34-18-15-23(16-19-34)33-31(36)39-24-13-11-22(32)12-14-24/h20-24,27H,3-19,32H2,1-2H3,(H,33,36)/t22?,24?,27-/m1/s1. The quantitative estimate of drug-likeness (QED) is 0.227. The predicted molar refractivity (Wildman–Crippen MR) is 154 cm³/mol. The van der Waals surface area contributed by atoms with Crippen molar-refractivity contribution in [2.24, 2.45) is 5.73 Å². The third-order valence-electron chi connectivity index (χ3n) is 8.70. The first-order valence-corrected chi connectivity index (χ1v) is 15.4. The number of piperidine rings is 1. The Morgan fingerprint density at radius 3 is 2.30 bits per heavy atom. The normalized spacial score (nSPS) is 23.4. The SMILES string of the molecule is COc1cc(OC)c2c(c1)[C@@H](CCCCCCCCCN1CCC(NC(=O)OC3CCC(N)CC3)CC1)OC2=O. The predicted octanol–water partition coefficient (Wildman–Crippen LogP) is 5.50. The van der Waals surface area contributed by atoms with Crippen molar-refractivity contribution in [1.29, 1.82) is 0 Å². The van der Waals surface area contributed by atoms with E-state index in [2.05, 4.69) is 10.2 Å². The monoisotopic (exact) mass is 559 g/mol. The summed E-state index contributed by atoms with van der Waals surface area (Å²) < 4.78 is 22.0. The molecule has 9 nitrogen and oxygen atoms in total. The molecule has 1 saturated carbocycles. The Bertz CT molecular complexity index is 957. The van der Waals surface area contributed by atoms with Crippen molar-refractivity contribution in [3.05, 3.63) is 23.3 Å². The van der Waals surface area contributed by atoms with Crippen molar-refractivity contribution >= 4 is 12.1 Å². The molecule has 0 spiro atoms. The van der Waals surface area contributed by atoms with Crippen LogP contribution >= 0.6 is 0 Å². The first kappa shape index (κ1) is 30.4. The topological polar surface area (TPSA) is 112 Å². The molecule has 9 heteroatoms. The summed E-state index contributed by atoms with van der Waals surface area (Å²) in [7, 11) is 3.18. The van der Waals surface area contributed by atoms with E-state index in [1.54, 1.807) is 20.3 Å². The number of alkyl carbamates (subject to hydrolysis) is 1. The minimum atomic E-state index is -0.303. The number of nitrogens with zero attached hydrogens (tertiary/aromatic N) is 1. The zero-order valence-electron chi connectivity index (χ0n) is 24.5. The van der Waals surface area contributed by atoms with Gasteiger partial charge >= 0.3 is 12.1 Å². The molecule has 40 heavy (non-hydrogen) atoms. The number of fused-ring (bicyclic) bond motifs is 1. The van der Waals surface area contributed by atoms with Crippen LogP contribution < -0.4 is 20.5 Å². The van der Waals surface area contributed by atoms with E-state index >= 15 is 0 Å². The number of nitrogens with one attached hydrogen (secondary N) is 1. The second-order valence-corrected chi connectivity index (χ2v) is 11.7. The van der Waals surface area contributed by atoms with E-state index in [0.717, 1.165) is 83.0 Å². The summed E-state index contributed by atoms with van der Waals surface area (Å²) in [6.45, 7) is 3.21. The number of amides is 1. The molecule has 1 aromatic rings. The van der Waals surface area contributed by atoms with Crippen LogP contribution in [0, 0.1) is 0 Å². The maximum Gasteiger partial charge on any atom is 0.407 e. The molecular weight excluding hydrogens is 510 g/mol. The van der Waals surface area contributed by atoms with Crippen LogP contribution in [-0.2, 0) is 9.47 Å². The fourth-order valence-corrected chi connectivity index (χ4v) is 6.24. The van der Waals surface area contributed by atoms with E-state index in [1.807, 2.05) is 6.07 Å². The molecule has 1 amide bonds. The lowest BCUT2D eigenvalue weighted by Gasteiger charge is -2.33. The molecule has 2 heterocycles. The number of esters is 1. The summed E-state index contributed by atoms with van der Waals surface area (Å²) in [6, 6.07) is 4.12. The molecule has 3 aliphatic rings. The fraction of sp³-hybridized carbons (Fsp3) is 0.742. The second kappa shape index (κ2) is 15.5. The first-order chi connectivity index (χ1) is 19.5. The number of methoxy groups -OCH3 is 2. The van der Waals surface area contributed by atoms with Gasteiger partial charge in [-0.1, -0.05) is 32.1 Å². The maximum atomic E-state index is 12.4. The zero-order chi connectivity index (χ0) is 28.3. The Kier molecular flexibility index (Phi) is 11.8. The van der Waals surface area contributed by atoms with E-state index in [-0.39, 0.29) is 36.4 Å². The largest absolute Gasteiger partial charge is 0.497 e. The van der Waals surface area contributed by atoms with Crippen LogP contribution in [0.25, 0.3) is 0 Å². The van der Waals surface area contributed by atoms with Crippen LogP contribution in [0.1, 0.15) is 112 Å². The first-order valence-electron chi connectivity index (χ1n) is 15.4. The Morgan fingerprint density at radius 1 is 0.950 bits per heavy atom. The highest BCUT2D eigenvalue weighted by molar-refractivity contribution is 5.97. The minimum Gasteiger partial charge on any atom is -0.497 e. The van der Waals surface area contributed by atoms with Gasteiger partial charge in [0.05, 0.1) is 14.2 Å². The summed E-state index contributed by atoms with van der Waals surface area (Å²) >= 11 is 0. The molecule has 1 atom stereocenters. The number of benzene rings is 1. The highest BCUT2D eigenvalue weighted by Gasteiger charge is 2.34. The van der Waals surface area contributed by atoms with Crippen LogP contribution in [0.5, 0.6) is 11.5 Å². The molecule has 1 aliphatic carbocycles. The van der Waals surface area contributed by atoms with Crippen LogP contribution in [0.4, 0.5) is 4.79 Å². The van der Waals surface area contributed by atoms with E-state index < -0.39 is 0 Å². The van der Waals surface area contributed by atoms with Crippen molar-refractivity contribution < 1.29 is 28.5 Å². The minimum absolute atomic E-state index is 0.0265. The van der Waals surface area contributed by atoms with Crippen LogP contribution in [-0.4, -0.2) is 69.0 Å². The molecule has 2 aliphatic heterocycles. The molecule has 2 fully saturated rings. The molecule has 0 radical (unpaired) electrons. The van der Waals surface area contributed by atoms with E-state index in [0.29, 0.717) is 17.1 Å². The third-order valence-corrected chi connectivity index (χ3v) is 8.70. The molecule has 4 rings (SSSR count). The van der Waals surface area contributed by atoms with Gasteiger partial charge in [0.2, 0.25) is 0 Å². The zero-order valence-corrected chi connectivity index (χ0v) is 24.5. The number of hydrogen-bond acceptors (Lipinski definition) is 8. The van der Waals surface area contributed by atoms with Gasteiger partial charge < -0.3 is 34.9 Å². The Hall–Kier alpha value is -2.52. The van der Waals surface area contributed by atoms with Gasteiger partial charge in [0.25, 0.3) is 0 Å². The number of ether oxygens (including phenoxy) is 4. The third kappa shape index (κ3) is 8.74. The summed E-state index contributed by atoms with van der Waals surface area (Å²) in [5.74, 6) is 0.896. The number of carbonyl (C=O) groups excluding carboxylic acids is 2. The molecule has 0 unspecified atom stereocenters. The lowest BCUT2D eigenvalue weighted by molar-refractivity contribution is 0.0361. The Morgan fingerprint density at radius 2 is 1.62 bits per heavy atom. The van der Waals surface area contributed by atoms with Crippen molar-refractivity contribution in [3.63, 3.8) is 0 Å². The number of cyclic esters (lactones) is 1. The molecular formula is C31H49N3O6. The number of likely N-dealkylation sites (tertiary alicyclic amines) is 1.